The molecular weight excluding hydrogens is 325 g/mol. The Morgan fingerprint density at radius 2 is 1.95 bits per heavy atom. The van der Waals surface area contributed by atoms with E-state index >= 15 is 0 Å². The Hall–Kier alpha value is -0.640. The molecule has 1 aromatic rings. The van der Waals surface area contributed by atoms with Crippen LogP contribution in [0.5, 0.6) is 0 Å². The monoisotopic (exact) mass is 342 g/mol. The van der Waals surface area contributed by atoms with Crippen LogP contribution in [0.15, 0.2) is 11.0 Å². The van der Waals surface area contributed by atoms with E-state index in [0.717, 1.165) is 9.18 Å². The van der Waals surface area contributed by atoms with E-state index < -0.39 is 22.1 Å². The summed E-state index contributed by atoms with van der Waals surface area (Å²) in [5, 5.41) is 0. The van der Waals surface area contributed by atoms with Gasteiger partial charge >= 0.3 is 6.18 Å². The highest BCUT2D eigenvalue weighted by Gasteiger charge is 2.43. The first-order valence-electron chi connectivity index (χ1n) is 6.52. The second-order valence-corrected chi connectivity index (χ2v) is 8.30. The summed E-state index contributed by atoms with van der Waals surface area (Å²) in [7, 11) is -3.73. The van der Waals surface area contributed by atoms with Gasteiger partial charge in [-0.2, -0.15) is 17.5 Å². The van der Waals surface area contributed by atoms with Gasteiger partial charge in [-0.05, 0) is 25.8 Å². The van der Waals surface area contributed by atoms with Gasteiger partial charge in [0.2, 0.25) is 10.0 Å². The number of sulfonamides is 1. The lowest BCUT2D eigenvalue weighted by atomic mass is 9.98. The Kier molecular flexibility index (Phi) is 4.67. The standard InChI is InChI=1S/C12H17F3N2O2S2/c1-8-11(6-10(7-16)20-8)21(18,19)17-4-2-9(3-5-17)12(13,14)15/h6,9H,2-5,7,16H2,1H3. The highest BCUT2D eigenvalue weighted by molar-refractivity contribution is 7.89. The highest BCUT2D eigenvalue weighted by Crippen LogP contribution is 2.36. The quantitative estimate of drug-likeness (QED) is 0.918. The Morgan fingerprint density at radius 3 is 2.38 bits per heavy atom. The number of nitrogens with two attached hydrogens (primary N) is 1. The van der Waals surface area contributed by atoms with Crippen LogP contribution in [-0.4, -0.2) is 32.0 Å². The molecule has 0 spiro atoms. The van der Waals surface area contributed by atoms with Crippen molar-refractivity contribution < 1.29 is 21.6 Å². The fourth-order valence-electron chi connectivity index (χ4n) is 2.44. The van der Waals surface area contributed by atoms with Gasteiger partial charge in [-0.1, -0.05) is 0 Å². The Balaban J connectivity index is 2.17. The number of aryl methyl sites for hydroxylation is 1. The number of piperidine rings is 1. The van der Waals surface area contributed by atoms with Crippen molar-refractivity contribution in [2.45, 2.75) is 37.4 Å². The minimum Gasteiger partial charge on any atom is -0.326 e. The van der Waals surface area contributed by atoms with Crippen LogP contribution in [-0.2, 0) is 16.6 Å². The van der Waals surface area contributed by atoms with E-state index in [4.69, 9.17) is 5.73 Å². The van der Waals surface area contributed by atoms with E-state index in [1.807, 2.05) is 0 Å². The number of alkyl halides is 3. The van der Waals surface area contributed by atoms with E-state index in [9.17, 15) is 21.6 Å². The van der Waals surface area contributed by atoms with Crippen LogP contribution in [0.4, 0.5) is 13.2 Å². The number of rotatable bonds is 3. The molecule has 1 aromatic heterocycles. The maximum atomic E-state index is 12.6. The Labute approximate surface area is 125 Å². The molecule has 0 bridgehead atoms. The van der Waals surface area contributed by atoms with Crippen molar-refractivity contribution >= 4 is 21.4 Å². The molecule has 2 N–H and O–H groups in total. The molecule has 1 aliphatic rings. The zero-order valence-corrected chi connectivity index (χ0v) is 13.1. The number of thiophene rings is 1. The van der Waals surface area contributed by atoms with Crippen LogP contribution in [0.1, 0.15) is 22.6 Å². The molecule has 0 aliphatic carbocycles. The molecule has 2 heterocycles. The molecule has 0 aromatic carbocycles. The van der Waals surface area contributed by atoms with Crippen LogP contribution >= 0.6 is 11.3 Å². The van der Waals surface area contributed by atoms with Gasteiger partial charge in [-0.25, -0.2) is 8.42 Å². The summed E-state index contributed by atoms with van der Waals surface area (Å²) in [4.78, 5) is 1.53. The van der Waals surface area contributed by atoms with Crippen molar-refractivity contribution in [1.29, 1.82) is 0 Å². The fraction of sp³-hybridized carbons (Fsp3) is 0.667. The van der Waals surface area contributed by atoms with Gasteiger partial charge in [-0.3, -0.25) is 0 Å². The summed E-state index contributed by atoms with van der Waals surface area (Å²) >= 11 is 1.30. The summed E-state index contributed by atoms with van der Waals surface area (Å²) in [6, 6.07) is 1.52. The molecule has 1 aliphatic heterocycles. The summed E-state index contributed by atoms with van der Waals surface area (Å²) < 4.78 is 64.0. The van der Waals surface area contributed by atoms with Gasteiger partial charge in [-0.15, -0.1) is 11.3 Å². The van der Waals surface area contributed by atoms with Crippen LogP contribution in [0.2, 0.25) is 0 Å². The lowest BCUT2D eigenvalue weighted by Gasteiger charge is -2.32. The smallest absolute Gasteiger partial charge is 0.326 e. The minimum atomic E-state index is -4.25. The van der Waals surface area contributed by atoms with Crippen molar-refractivity contribution in [1.82, 2.24) is 4.31 Å². The van der Waals surface area contributed by atoms with Gasteiger partial charge in [0, 0.05) is 29.4 Å². The van der Waals surface area contributed by atoms with Gasteiger partial charge in [0.05, 0.1) is 10.8 Å². The maximum Gasteiger partial charge on any atom is 0.391 e. The summed E-state index contributed by atoms with van der Waals surface area (Å²) in [5.74, 6) is -1.41. The third-order valence-electron chi connectivity index (χ3n) is 3.66. The first kappa shape index (κ1) is 16.7. The topological polar surface area (TPSA) is 63.4 Å². The van der Waals surface area contributed by atoms with Gasteiger partial charge in [0.1, 0.15) is 0 Å². The molecule has 0 atom stereocenters. The largest absolute Gasteiger partial charge is 0.391 e. The molecule has 0 amide bonds. The van der Waals surface area contributed by atoms with Crippen molar-refractivity contribution in [3.05, 3.63) is 15.8 Å². The van der Waals surface area contributed by atoms with E-state index in [1.165, 1.54) is 17.4 Å². The summed E-state index contributed by atoms with van der Waals surface area (Å²) in [5.41, 5.74) is 5.50. The zero-order valence-electron chi connectivity index (χ0n) is 11.5. The van der Waals surface area contributed by atoms with E-state index in [2.05, 4.69) is 0 Å². The van der Waals surface area contributed by atoms with Crippen LogP contribution in [0.25, 0.3) is 0 Å². The average molecular weight is 342 g/mol. The van der Waals surface area contributed by atoms with Crippen molar-refractivity contribution in [3.63, 3.8) is 0 Å². The molecule has 4 nitrogen and oxygen atoms in total. The molecule has 1 saturated heterocycles. The van der Waals surface area contributed by atoms with E-state index in [0.29, 0.717) is 4.88 Å². The molecule has 0 saturated carbocycles. The third kappa shape index (κ3) is 3.41. The number of hydrogen-bond donors (Lipinski definition) is 1. The average Bonchev–Trinajstić information content (AvgIpc) is 2.80. The molecule has 9 heteroatoms. The number of nitrogens with zero attached hydrogens (tertiary/aromatic N) is 1. The molecule has 2 rings (SSSR count). The van der Waals surface area contributed by atoms with Gasteiger partial charge in [0.25, 0.3) is 0 Å². The first-order chi connectivity index (χ1) is 9.66. The summed E-state index contributed by atoms with van der Waals surface area (Å²) in [6.45, 7) is 1.73. The predicted molar refractivity (Wildman–Crippen MR) is 74.5 cm³/mol. The molecule has 1 fully saturated rings. The molecule has 21 heavy (non-hydrogen) atoms. The second-order valence-electron chi connectivity index (χ2n) is 5.06. The van der Waals surface area contributed by atoms with E-state index in [-0.39, 0.29) is 37.4 Å². The number of halogens is 3. The molecule has 0 unspecified atom stereocenters. The van der Waals surface area contributed by atoms with Crippen molar-refractivity contribution in [2.24, 2.45) is 11.7 Å². The molecular formula is C12H17F3N2O2S2. The predicted octanol–water partition coefficient (Wildman–Crippen LogP) is 2.48. The SMILES string of the molecule is Cc1sc(CN)cc1S(=O)(=O)N1CCC(C(F)(F)F)CC1. The van der Waals surface area contributed by atoms with Gasteiger partial charge in [0.15, 0.2) is 0 Å². The number of hydrogen-bond acceptors (Lipinski definition) is 4. The maximum absolute atomic E-state index is 12.6. The zero-order chi connectivity index (χ0) is 15.8. The molecule has 0 radical (unpaired) electrons. The highest BCUT2D eigenvalue weighted by atomic mass is 32.2. The van der Waals surface area contributed by atoms with Crippen molar-refractivity contribution in [3.8, 4) is 0 Å². The Bertz CT molecular complexity index is 603. The summed E-state index contributed by atoms with van der Waals surface area (Å²) in [6.07, 6.45) is -4.62. The van der Waals surface area contributed by atoms with Crippen molar-refractivity contribution in [2.75, 3.05) is 13.1 Å². The van der Waals surface area contributed by atoms with Crippen LogP contribution in [0.3, 0.4) is 0 Å². The van der Waals surface area contributed by atoms with Crippen LogP contribution < -0.4 is 5.73 Å². The third-order valence-corrected chi connectivity index (χ3v) is 6.89. The lowest BCUT2D eigenvalue weighted by molar-refractivity contribution is -0.182. The minimum absolute atomic E-state index is 0.0975. The first-order valence-corrected chi connectivity index (χ1v) is 8.78. The second kappa shape index (κ2) is 5.86. The lowest BCUT2D eigenvalue weighted by Crippen LogP contribution is -2.42. The van der Waals surface area contributed by atoms with Crippen LogP contribution in [0, 0.1) is 12.8 Å². The van der Waals surface area contributed by atoms with E-state index in [1.54, 1.807) is 6.92 Å². The van der Waals surface area contributed by atoms with Gasteiger partial charge < -0.3 is 5.73 Å². The normalized spacial score (nSPS) is 19.1. The molecule has 120 valence electrons. The Morgan fingerprint density at radius 1 is 1.38 bits per heavy atom. The fourth-order valence-corrected chi connectivity index (χ4v) is 5.40.